The van der Waals surface area contributed by atoms with Gasteiger partial charge >= 0.3 is 0 Å². The van der Waals surface area contributed by atoms with Gasteiger partial charge in [-0.2, -0.15) is 0 Å². The average molecular weight is 248 g/mol. The van der Waals surface area contributed by atoms with E-state index in [1.165, 1.54) is 19.3 Å². The molecule has 0 bridgehead atoms. The van der Waals surface area contributed by atoms with Gasteiger partial charge in [0, 0.05) is 17.4 Å². The van der Waals surface area contributed by atoms with E-state index in [-0.39, 0.29) is 0 Å². The molecule has 1 saturated carbocycles. The van der Waals surface area contributed by atoms with Crippen LogP contribution in [0.5, 0.6) is 0 Å². The van der Waals surface area contributed by atoms with Crippen LogP contribution in [0.2, 0.25) is 0 Å². The number of nitrogens with two attached hydrogens (primary N) is 1. The third kappa shape index (κ3) is 2.99. The van der Waals surface area contributed by atoms with Crippen LogP contribution in [-0.4, -0.2) is 22.6 Å². The normalized spacial score (nSPS) is 23.3. The lowest BCUT2D eigenvalue weighted by molar-refractivity contribution is 0.514. The van der Waals surface area contributed by atoms with E-state index >= 15 is 0 Å². The number of hydrogen-bond donors (Lipinski definition) is 2. The van der Waals surface area contributed by atoms with E-state index in [0.29, 0.717) is 12.0 Å². The van der Waals surface area contributed by atoms with Gasteiger partial charge in [-0.15, -0.1) is 0 Å². The second kappa shape index (κ2) is 6.14. The first kappa shape index (κ1) is 13.3. The van der Waals surface area contributed by atoms with Crippen LogP contribution in [0.25, 0.3) is 0 Å². The zero-order valence-corrected chi connectivity index (χ0v) is 11.4. The van der Waals surface area contributed by atoms with E-state index < -0.39 is 0 Å². The van der Waals surface area contributed by atoms with Crippen LogP contribution in [-0.2, 0) is 12.8 Å². The summed E-state index contributed by atoms with van der Waals surface area (Å²) < 4.78 is 0. The Morgan fingerprint density at radius 1 is 1.22 bits per heavy atom. The SMILES string of the molecule is CCc1cc(CC)nc(NC2CCCC2CN)n1. The van der Waals surface area contributed by atoms with Gasteiger partial charge < -0.3 is 11.1 Å². The summed E-state index contributed by atoms with van der Waals surface area (Å²) in [5, 5.41) is 3.49. The molecule has 4 heteroatoms. The highest BCUT2D eigenvalue weighted by atomic mass is 15.1. The molecule has 3 N–H and O–H groups in total. The summed E-state index contributed by atoms with van der Waals surface area (Å²) in [5.41, 5.74) is 8.04. The Balaban J connectivity index is 2.12. The smallest absolute Gasteiger partial charge is 0.223 e. The molecule has 100 valence electrons. The minimum Gasteiger partial charge on any atom is -0.351 e. The minimum absolute atomic E-state index is 0.451. The minimum atomic E-state index is 0.451. The van der Waals surface area contributed by atoms with Crippen LogP contribution >= 0.6 is 0 Å². The molecular weight excluding hydrogens is 224 g/mol. The molecular formula is C14H24N4. The molecule has 1 aliphatic rings. The Morgan fingerprint density at radius 3 is 2.44 bits per heavy atom. The van der Waals surface area contributed by atoms with E-state index in [1.54, 1.807) is 0 Å². The first-order valence-electron chi connectivity index (χ1n) is 7.10. The molecule has 0 radical (unpaired) electrons. The largest absolute Gasteiger partial charge is 0.351 e. The standard InChI is InChI=1S/C14H24N4/c1-3-11-8-12(4-2)17-14(16-11)18-13-7-5-6-10(13)9-15/h8,10,13H,3-7,9,15H2,1-2H3,(H,16,17,18). The van der Waals surface area contributed by atoms with E-state index in [0.717, 1.165) is 36.7 Å². The molecule has 1 fully saturated rings. The number of hydrogen-bond acceptors (Lipinski definition) is 4. The highest BCUT2D eigenvalue weighted by Crippen LogP contribution is 2.27. The number of anilines is 1. The number of aromatic nitrogens is 2. The van der Waals surface area contributed by atoms with Crippen molar-refractivity contribution in [3.05, 3.63) is 17.5 Å². The first-order valence-corrected chi connectivity index (χ1v) is 7.10. The van der Waals surface area contributed by atoms with Gasteiger partial charge in [0.15, 0.2) is 0 Å². The maximum absolute atomic E-state index is 5.81. The molecule has 0 aromatic carbocycles. The van der Waals surface area contributed by atoms with Crippen molar-refractivity contribution in [2.75, 3.05) is 11.9 Å². The van der Waals surface area contributed by atoms with Crippen molar-refractivity contribution < 1.29 is 0 Å². The summed E-state index contributed by atoms with van der Waals surface area (Å²) in [6, 6.07) is 2.55. The summed E-state index contributed by atoms with van der Waals surface area (Å²) >= 11 is 0. The summed E-state index contributed by atoms with van der Waals surface area (Å²) in [7, 11) is 0. The van der Waals surface area contributed by atoms with Gasteiger partial charge in [-0.25, -0.2) is 9.97 Å². The second-order valence-electron chi connectivity index (χ2n) is 5.06. The van der Waals surface area contributed by atoms with Gasteiger partial charge in [-0.05, 0) is 44.2 Å². The van der Waals surface area contributed by atoms with E-state index in [9.17, 15) is 0 Å². The number of nitrogens with one attached hydrogen (secondary N) is 1. The third-order valence-electron chi connectivity index (χ3n) is 3.83. The van der Waals surface area contributed by atoms with Crippen LogP contribution in [0.1, 0.15) is 44.5 Å². The Bertz CT molecular complexity index is 369. The van der Waals surface area contributed by atoms with Gasteiger partial charge in [0.1, 0.15) is 0 Å². The van der Waals surface area contributed by atoms with Crippen molar-refractivity contribution in [2.45, 2.75) is 52.0 Å². The van der Waals surface area contributed by atoms with Crippen molar-refractivity contribution in [2.24, 2.45) is 11.7 Å². The lowest BCUT2D eigenvalue weighted by Crippen LogP contribution is -2.30. The van der Waals surface area contributed by atoms with E-state index in [2.05, 4.69) is 35.2 Å². The zero-order chi connectivity index (χ0) is 13.0. The van der Waals surface area contributed by atoms with Crippen LogP contribution in [0, 0.1) is 5.92 Å². The average Bonchev–Trinajstić information content (AvgIpc) is 2.85. The summed E-state index contributed by atoms with van der Waals surface area (Å²) in [6.07, 6.45) is 5.57. The zero-order valence-electron chi connectivity index (χ0n) is 11.4. The first-order chi connectivity index (χ1) is 8.76. The van der Waals surface area contributed by atoms with Gasteiger partial charge in [0.2, 0.25) is 5.95 Å². The maximum atomic E-state index is 5.81. The summed E-state index contributed by atoms with van der Waals surface area (Å²) in [5.74, 6) is 1.36. The number of nitrogens with zero attached hydrogens (tertiary/aromatic N) is 2. The topological polar surface area (TPSA) is 63.8 Å². The molecule has 1 aromatic heterocycles. The van der Waals surface area contributed by atoms with Crippen LogP contribution in [0.4, 0.5) is 5.95 Å². The predicted octanol–water partition coefficient (Wildman–Crippen LogP) is 2.14. The molecule has 1 aliphatic carbocycles. The fourth-order valence-electron chi connectivity index (χ4n) is 2.66. The van der Waals surface area contributed by atoms with Crippen LogP contribution in [0.3, 0.4) is 0 Å². The molecule has 2 unspecified atom stereocenters. The van der Waals surface area contributed by atoms with Crippen molar-refractivity contribution >= 4 is 5.95 Å². The molecule has 0 amide bonds. The van der Waals surface area contributed by atoms with Crippen molar-refractivity contribution in [3.8, 4) is 0 Å². The highest BCUT2D eigenvalue weighted by Gasteiger charge is 2.26. The molecule has 0 spiro atoms. The fraction of sp³-hybridized carbons (Fsp3) is 0.714. The monoisotopic (exact) mass is 248 g/mol. The summed E-state index contributed by atoms with van der Waals surface area (Å²) in [4.78, 5) is 9.14. The molecule has 1 aromatic rings. The van der Waals surface area contributed by atoms with Crippen molar-refractivity contribution in [3.63, 3.8) is 0 Å². The number of rotatable bonds is 5. The van der Waals surface area contributed by atoms with Gasteiger partial charge in [0.05, 0.1) is 0 Å². The lowest BCUT2D eigenvalue weighted by atomic mass is 10.0. The molecule has 4 nitrogen and oxygen atoms in total. The summed E-state index contributed by atoms with van der Waals surface area (Å²) in [6.45, 7) is 5.01. The van der Waals surface area contributed by atoms with E-state index in [1.807, 2.05) is 0 Å². The molecule has 2 atom stereocenters. The van der Waals surface area contributed by atoms with Crippen molar-refractivity contribution in [1.29, 1.82) is 0 Å². The highest BCUT2D eigenvalue weighted by molar-refractivity contribution is 5.30. The third-order valence-corrected chi connectivity index (χ3v) is 3.83. The lowest BCUT2D eigenvalue weighted by Gasteiger charge is -2.20. The second-order valence-corrected chi connectivity index (χ2v) is 5.06. The van der Waals surface area contributed by atoms with E-state index in [4.69, 9.17) is 5.73 Å². The fourth-order valence-corrected chi connectivity index (χ4v) is 2.66. The molecule has 0 aliphatic heterocycles. The Kier molecular flexibility index (Phi) is 4.53. The maximum Gasteiger partial charge on any atom is 0.223 e. The number of aryl methyl sites for hydroxylation is 2. The quantitative estimate of drug-likeness (QED) is 0.838. The molecule has 2 rings (SSSR count). The Hall–Kier alpha value is -1.16. The predicted molar refractivity (Wildman–Crippen MR) is 74.6 cm³/mol. The van der Waals surface area contributed by atoms with Crippen molar-refractivity contribution in [1.82, 2.24) is 9.97 Å². The van der Waals surface area contributed by atoms with Crippen LogP contribution in [0.15, 0.2) is 6.07 Å². The molecule has 1 heterocycles. The van der Waals surface area contributed by atoms with Gasteiger partial charge in [-0.1, -0.05) is 20.3 Å². The molecule has 0 saturated heterocycles. The Labute approximate surface area is 109 Å². The van der Waals surface area contributed by atoms with Gasteiger partial charge in [0.25, 0.3) is 0 Å². The Morgan fingerprint density at radius 2 is 1.89 bits per heavy atom. The van der Waals surface area contributed by atoms with Gasteiger partial charge in [-0.3, -0.25) is 0 Å². The van der Waals surface area contributed by atoms with Crippen LogP contribution < -0.4 is 11.1 Å². The molecule has 18 heavy (non-hydrogen) atoms.